The predicted octanol–water partition coefficient (Wildman–Crippen LogP) is 0.493. The third kappa shape index (κ3) is 4.34. The highest BCUT2D eigenvalue weighted by atomic mass is 16.6. The summed E-state index contributed by atoms with van der Waals surface area (Å²) in [7, 11) is 0. The highest BCUT2D eigenvalue weighted by Crippen LogP contribution is 2.09. The van der Waals surface area contributed by atoms with Gasteiger partial charge in [0, 0.05) is 6.42 Å². The highest BCUT2D eigenvalue weighted by Gasteiger charge is 2.15. The van der Waals surface area contributed by atoms with Gasteiger partial charge in [0.2, 0.25) is 5.91 Å². The highest BCUT2D eigenvalue weighted by molar-refractivity contribution is 5.75. The van der Waals surface area contributed by atoms with Crippen LogP contribution in [0, 0.1) is 20.2 Å². The first-order valence-corrected chi connectivity index (χ1v) is 7.06. The molecular weight excluding hydrogens is 322 g/mol. The molecule has 0 fully saturated rings. The largest absolute Gasteiger partial charge is 0.434 e. The van der Waals surface area contributed by atoms with E-state index in [1.54, 1.807) is 0 Å². The van der Waals surface area contributed by atoms with Crippen LogP contribution in [-0.4, -0.2) is 41.4 Å². The molecule has 2 rings (SSSR count). The molecule has 1 amide bonds. The second-order valence-corrected chi connectivity index (χ2v) is 4.83. The van der Waals surface area contributed by atoms with Crippen LogP contribution in [0.3, 0.4) is 0 Å². The van der Waals surface area contributed by atoms with Crippen molar-refractivity contribution in [2.75, 3.05) is 6.54 Å². The minimum Gasteiger partial charge on any atom is -0.390 e. The van der Waals surface area contributed by atoms with Crippen LogP contribution in [0.25, 0.3) is 0 Å². The number of aryl methyl sites for hydroxylation is 1. The van der Waals surface area contributed by atoms with E-state index < -0.39 is 9.85 Å². The molecule has 0 radical (unpaired) electrons. The fourth-order valence-electron chi connectivity index (χ4n) is 2.10. The Morgan fingerprint density at radius 1 is 1.21 bits per heavy atom. The number of carbonyl (C=O) groups excluding carboxylic acids is 1. The molecule has 12 heteroatoms. The van der Waals surface area contributed by atoms with Crippen molar-refractivity contribution in [3.8, 4) is 0 Å². The van der Waals surface area contributed by atoms with E-state index in [9.17, 15) is 25.0 Å². The summed E-state index contributed by atoms with van der Waals surface area (Å²) in [6.45, 7) is 0.757. The number of nitro groups is 2. The van der Waals surface area contributed by atoms with Gasteiger partial charge in [-0.05, 0) is 16.3 Å². The maximum Gasteiger partial charge on any atom is 0.434 e. The molecule has 24 heavy (non-hydrogen) atoms. The van der Waals surface area contributed by atoms with Crippen molar-refractivity contribution in [3.63, 3.8) is 0 Å². The summed E-state index contributed by atoms with van der Waals surface area (Å²) in [6.07, 6.45) is 5.86. The molecule has 0 atom stereocenters. The van der Waals surface area contributed by atoms with E-state index in [4.69, 9.17) is 0 Å². The molecule has 0 saturated carbocycles. The lowest BCUT2D eigenvalue weighted by Gasteiger charge is -2.05. The number of hydrogen-bond acceptors (Lipinski definition) is 7. The molecule has 0 saturated heterocycles. The molecule has 0 aromatic carbocycles. The molecular formula is C12H15N7O5. The predicted molar refractivity (Wildman–Crippen MR) is 80.0 cm³/mol. The van der Waals surface area contributed by atoms with E-state index in [2.05, 4.69) is 15.3 Å². The van der Waals surface area contributed by atoms with Crippen LogP contribution < -0.4 is 5.32 Å². The fourth-order valence-corrected chi connectivity index (χ4v) is 2.10. The van der Waals surface area contributed by atoms with Gasteiger partial charge < -0.3 is 25.5 Å². The van der Waals surface area contributed by atoms with Gasteiger partial charge >= 0.3 is 11.8 Å². The zero-order chi connectivity index (χ0) is 17.5. The zero-order valence-corrected chi connectivity index (χ0v) is 12.6. The number of nitrogens with one attached hydrogen (secondary N) is 1. The molecule has 0 aliphatic carbocycles. The van der Waals surface area contributed by atoms with Crippen LogP contribution in [-0.2, 0) is 17.9 Å². The summed E-state index contributed by atoms with van der Waals surface area (Å²) < 4.78 is 2.69. The summed E-state index contributed by atoms with van der Waals surface area (Å²) in [5.74, 6) is -0.639. The lowest BCUT2D eigenvalue weighted by atomic mass is 10.3. The first kappa shape index (κ1) is 17.1. The molecule has 0 bridgehead atoms. The average Bonchev–Trinajstić information content (AvgIpc) is 3.16. The Kier molecular flexibility index (Phi) is 5.54. The second-order valence-electron chi connectivity index (χ2n) is 4.83. The Morgan fingerprint density at radius 3 is 2.71 bits per heavy atom. The summed E-state index contributed by atoms with van der Waals surface area (Å²) in [5, 5.41) is 24.0. The third-order valence-corrected chi connectivity index (χ3v) is 3.21. The molecule has 128 valence electrons. The van der Waals surface area contributed by atoms with E-state index in [1.807, 2.05) is 0 Å². The van der Waals surface area contributed by atoms with Gasteiger partial charge in [0.15, 0.2) is 6.33 Å². The van der Waals surface area contributed by atoms with Gasteiger partial charge in [-0.25, -0.2) is 14.1 Å². The average molecular weight is 337 g/mol. The number of rotatable bonds is 9. The number of aromatic nitrogens is 4. The van der Waals surface area contributed by atoms with Crippen LogP contribution in [0.15, 0.2) is 24.9 Å². The Hall–Kier alpha value is -3.31. The quantitative estimate of drug-likeness (QED) is 0.516. The van der Waals surface area contributed by atoms with Crippen molar-refractivity contribution < 1.29 is 14.6 Å². The zero-order valence-electron chi connectivity index (χ0n) is 12.6. The van der Waals surface area contributed by atoms with Crippen molar-refractivity contribution in [2.24, 2.45) is 0 Å². The van der Waals surface area contributed by atoms with Crippen molar-refractivity contribution >= 4 is 17.7 Å². The summed E-state index contributed by atoms with van der Waals surface area (Å²) in [4.78, 5) is 39.3. The number of nitrogens with zero attached hydrogens (tertiary/aromatic N) is 6. The SMILES string of the molecule is O=C(CCCn1ccnc1[N+](=O)[O-])NCCn1cncc1[N+](=O)[O-]. The molecule has 2 heterocycles. The Bertz CT molecular complexity index is 677. The molecule has 1 N–H and O–H groups in total. The van der Waals surface area contributed by atoms with Crippen LogP contribution in [0.2, 0.25) is 0 Å². The topological polar surface area (TPSA) is 151 Å². The number of imidazole rings is 2. The minimum atomic E-state index is -0.585. The van der Waals surface area contributed by atoms with Crippen molar-refractivity contribution in [1.29, 1.82) is 0 Å². The Morgan fingerprint density at radius 2 is 2.00 bits per heavy atom. The molecule has 0 aliphatic heterocycles. The van der Waals surface area contributed by atoms with Gasteiger partial charge in [0.1, 0.15) is 25.1 Å². The van der Waals surface area contributed by atoms with Gasteiger partial charge in [-0.2, -0.15) is 0 Å². The third-order valence-electron chi connectivity index (χ3n) is 3.21. The standard InChI is InChI=1S/C12H15N7O5/c20-10(2-1-5-16-6-4-15-12(16)19(23)24)14-3-7-17-9-13-8-11(17)18(21)22/h4,6,8-9H,1-3,5,7H2,(H,14,20). The van der Waals surface area contributed by atoms with Gasteiger partial charge in [0.25, 0.3) is 0 Å². The molecule has 0 unspecified atom stereocenters. The van der Waals surface area contributed by atoms with E-state index >= 15 is 0 Å². The Balaban J connectivity index is 1.70. The second kappa shape index (κ2) is 7.80. The van der Waals surface area contributed by atoms with Crippen molar-refractivity contribution in [2.45, 2.75) is 25.9 Å². The van der Waals surface area contributed by atoms with Crippen LogP contribution in [0.4, 0.5) is 11.8 Å². The number of hydrogen-bond donors (Lipinski definition) is 1. The maximum absolute atomic E-state index is 11.7. The van der Waals surface area contributed by atoms with E-state index in [0.29, 0.717) is 13.0 Å². The van der Waals surface area contributed by atoms with Gasteiger partial charge in [-0.3, -0.25) is 4.79 Å². The maximum atomic E-state index is 11.7. The lowest BCUT2D eigenvalue weighted by Crippen LogP contribution is -2.27. The van der Waals surface area contributed by atoms with Crippen molar-refractivity contribution in [3.05, 3.63) is 45.1 Å². The Labute approximate surface area is 135 Å². The normalized spacial score (nSPS) is 10.5. The molecule has 2 aromatic heterocycles. The summed E-state index contributed by atoms with van der Waals surface area (Å²) in [6, 6.07) is 0. The van der Waals surface area contributed by atoms with E-state index in [1.165, 1.54) is 27.9 Å². The first-order chi connectivity index (χ1) is 11.5. The van der Waals surface area contributed by atoms with E-state index in [0.717, 1.165) is 6.20 Å². The smallest absolute Gasteiger partial charge is 0.390 e. The minimum absolute atomic E-state index is 0.142. The van der Waals surface area contributed by atoms with Crippen LogP contribution in [0.5, 0.6) is 0 Å². The molecule has 2 aromatic rings. The molecule has 0 spiro atoms. The van der Waals surface area contributed by atoms with Gasteiger partial charge in [-0.15, -0.1) is 0 Å². The summed E-state index contributed by atoms with van der Waals surface area (Å²) >= 11 is 0. The van der Waals surface area contributed by atoms with Crippen LogP contribution >= 0.6 is 0 Å². The molecule has 12 nitrogen and oxygen atoms in total. The summed E-state index contributed by atoms with van der Waals surface area (Å²) in [5.41, 5.74) is 0. The van der Waals surface area contributed by atoms with Gasteiger partial charge in [-0.1, -0.05) is 4.98 Å². The van der Waals surface area contributed by atoms with Crippen molar-refractivity contribution in [1.82, 2.24) is 24.4 Å². The molecule has 0 aliphatic rings. The monoisotopic (exact) mass is 337 g/mol. The lowest BCUT2D eigenvalue weighted by molar-refractivity contribution is -0.396. The fraction of sp³-hybridized carbons (Fsp3) is 0.417. The number of amides is 1. The number of carbonyl (C=O) groups is 1. The first-order valence-electron chi connectivity index (χ1n) is 7.06. The van der Waals surface area contributed by atoms with Crippen LogP contribution in [0.1, 0.15) is 12.8 Å². The van der Waals surface area contributed by atoms with Gasteiger partial charge in [0.05, 0.1) is 13.1 Å². The van der Waals surface area contributed by atoms with E-state index in [-0.39, 0.29) is 37.2 Å².